The molecular formula is C26H19N5O5. The molecule has 1 saturated heterocycles. The number of nitrogens with one attached hydrogen (secondary N) is 2. The number of hydrogen-bond acceptors (Lipinski definition) is 7. The first-order valence-electron chi connectivity index (χ1n) is 11.4. The zero-order chi connectivity index (χ0) is 24.8. The minimum absolute atomic E-state index is 0.184. The number of nitrogens with zero attached hydrogens (tertiary/aromatic N) is 3. The summed E-state index contributed by atoms with van der Waals surface area (Å²) in [6.07, 6.45) is 2.12. The maximum absolute atomic E-state index is 13.0. The fourth-order valence-electron chi connectivity index (χ4n) is 4.52. The van der Waals surface area contributed by atoms with Crippen molar-refractivity contribution >= 4 is 40.4 Å². The summed E-state index contributed by atoms with van der Waals surface area (Å²) in [7, 11) is 0. The largest absolute Gasteiger partial charge is 0.435 e. The molecule has 178 valence electrons. The van der Waals surface area contributed by atoms with Crippen molar-refractivity contribution in [3.63, 3.8) is 0 Å². The second-order valence-electron chi connectivity index (χ2n) is 8.64. The number of fused-ring (bicyclic) bond motifs is 2. The highest BCUT2D eigenvalue weighted by molar-refractivity contribution is 6.08. The van der Waals surface area contributed by atoms with Crippen LogP contribution in [0.25, 0.3) is 22.7 Å². The molecule has 2 N–H and O–H groups in total. The first kappa shape index (κ1) is 21.7. The zero-order valence-corrected chi connectivity index (χ0v) is 18.9. The van der Waals surface area contributed by atoms with Crippen LogP contribution >= 0.6 is 0 Å². The standard InChI is InChI=1S/C26H19N5O5/c32-22-9-8-20(24(34)30-22)31-13-15-11-14(4-6-17(15)26(31)35)23(33)28-16-5-7-18-21(12-16)36-25(29-18)19-3-1-2-10-27-19/h1-7,10-12,20H,8-9,13H2,(H,28,33)(H,30,32,34). The number of carbonyl (C=O) groups excluding carboxylic acids is 4. The highest BCUT2D eigenvalue weighted by Gasteiger charge is 2.39. The van der Waals surface area contributed by atoms with Gasteiger partial charge in [0.15, 0.2) is 5.58 Å². The number of rotatable bonds is 4. The van der Waals surface area contributed by atoms with Crippen LogP contribution in [0.2, 0.25) is 0 Å². The van der Waals surface area contributed by atoms with E-state index < -0.39 is 11.9 Å². The lowest BCUT2D eigenvalue weighted by molar-refractivity contribution is -0.136. The Morgan fingerprint density at radius 1 is 1.08 bits per heavy atom. The van der Waals surface area contributed by atoms with Crippen molar-refractivity contribution in [3.05, 3.63) is 77.5 Å². The van der Waals surface area contributed by atoms with Gasteiger partial charge < -0.3 is 14.6 Å². The molecule has 6 rings (SSSR count). The van der Waals surface area contributed by atoms with Crippen LogP contribution in [0.4, 0.5) is 5.69 Å². The molecule has 4 amide bonds. The van der Waals surface area contributed by atoms with Crippen LogP contribution in [0, 0.1) is 0 Å². The monoisotopic (exact) mass is 481 g/mol. The van der Waals surface area contributed by atoms with E-state index >= 15 is 0 Å². The zero-order valence-electron chi connectivity index (χ0n) is 18.9. The first-order chi connectivity index (χ1) is 17.5. The molecule has 1 fully saturated rings. The van der Waals surface area contributed by atoms with Gasteiger partial charge in [-0.25, -0.2) is 4.98 Å². The third kappa shape index (κ3) is 3.78. The Kier molecular flexibility index (Phi) is 5.06. The molecule has 1 atom stereocenters. The first-order valence-corrected chi connectivity index (χ1v) is 11.4. The lowest BCUT2D eigenvalue weighted by Crippen LogP contribution is -2.52. The molecule has 0 aliphatic carbocycles. The van der Waals surface area contributed by atoms with E-state index in [1.165, 1.54) is 4.90 Å². The highest BCUT2D eigenvalue weighted by atomic mass is 16.3. The smallest absolute Gasteiger partial charge is 0.255 e. The lowest BCUT2D eigenvalue weighted by atomic mass is 10.0. The van der Waals surface area contributed by atoms with Crippen LogP contribution in [-0.4, -0.2) is 44.5 Å². The van der Waals surface area contributed by atoms with Crippen LogP contribution in [0.5, 0.6) is 0 Å². The minimum atomic E-state index is -0.704. The molecule has 0 bridgehead atoms. The summed E-state index contributed by atoms with van der Waals surface area (Å²) in [5.41, 5.74) is 3.75. The number of pyridine rings is 1. The molecule has 0 saturated carbocycles. The molecule has 10 heteroatoms. The normalized spacial score (nSPS) is 17.3. The molecule has 4 aromatic rings. The molecule has 1 unspecified atom stereocenters. The Hall–Kier alpha value is -4.86. The number of hydrogen-bond donors (Lipinski definition) is 2. The van der Waals surface area contributed by atoms with Crippen molar-refractivity contribution in [1.82, 2.24) is 20.2 Å². The summed E-state index contributed by atoms with van der Waals surface area (Å²) in [6, 6.07) is 14.7. The average Bonchev–Trinajstić information content (AvgIpc) is 3.45. The summed E-state index contributed by atoms with van der Waals surface area (Å²) in [5.74, 6) is -1.06. The molecular weight excluding hydrogens is 462 g/mol. The van der Waals surface area contributed by atoms with Gasteiger partial charge in [0, 0.05) is 42.0 Å². The molecule has 2 aromatic heterocycles. The molecule has 10 nitrogen and oxygen atoms in total. The summed E-state index contributed by atoms with van der Waals surface area (Å²) in [6.45, 7) is 0.196. The third-order valence-corrected chi connectivity index (χ3v) is 6.32. The predicted octanol–water partition coefficient (Wildman–Crippen LogP) is 2.90. The predicted molar refractivity (Wildman–Crippen MR) is 128 cm³/mol. The third-order valence-electron chi connectivity index (χ3n) is 6.32. The van der Waals surface area contributed by atoms with E-state index in [1.807, 2.05) is 6.07 Å². The molecule has 36 heavy (non-hydrogen) atoms. The Labute approximate surface area is 204 Å². The number of piperidine rings is 1. The number of carbonyl (C=O) groups is 4. The fraction of sp³-hybridized carbons (Fsp3) is 0.154. The maximum Gasteiger partial charge on any atom is 0.255 e. The van der Waals surface area contributed by atoms with Crippen molar-refractivity contribution in [2.75, 3.05) is 5.32 Å². The molecule has 4 heterocycles. The molecule has 2 aromatic carbocycles. The van der Waals surface area contributed by atoms with Gasteiger partial charge in [0.05, 0.1) is 0 Å². The van der Waals surface area contributed by atoms with E-state index in [0.717, 1.165) is 0 Å². The van der Waals surface area contributed by atoms with E-state index in [-0.39, 0.29) is 37.1 Å². The van der Waals surface area contributed by atoms with Crippen molar-refractivity contribution in [1.29, 1.82) is 0 Å². The van der Waals surface area contributed by atoms with Crippen molar-refractivity contribution in [2.45, 2.75) is 25.4 Å². The molecule has 0 radical (unpaired) electrons. The van der Waals surface area contributed by atoms with Gasteiger partial charge in [0.25, 0.3) is 11.8 Å². The lowest BCUT2D eigenvalue weighted by Gasteiger charge is -2.29. The van der Waals surface area contributed by atoms with Gasteiger partial charge in [-0.05, 0) is 54.4 Å². The van der Waals surface area contributed by atoms with Crippen LogP contribution in [0.1, 0.15) is 39.1 Å². The quantitative estimate of drug-likeness (QED) is 0.428. The Bertz CT molecular complexity index is 1560. The minimum Gasteiger partial charge on any atom is -0.435 e. The van der Waals surface area contributed by atoms with Gasteiger partial charge in [-0.3, -0.25) is 29.5 Å². The molecule has 2 aliphatic heterocycles. The van der Waals surface area contributed by atoms with E-state index in [1.54, 1.807) is 54.7 Å². The van der Waals surface area contributed by atoms with Gasteiger partial charge >= 0.3 is 0 Å². The SMILES string of the molecule is O=C1CCC(N2Cc3cc(C(=O)Nc4ccc5nc(-c6ccccn6)oc5c4)ccc3C2=O)C(=O)N1. The average molecular weight is 481 g/mol. The van der Waals surface area contributed by atoms with E-state index in [4.69, 9.17) is 4.42 Å². The molecule has 0 spiro atoms. The maximum atomic E-state index is 13.0. The summed E-state index contributed by atoms with van der Waals surface area (Å²) in [5, 5.41) is 5.13. The number of anilines is 1. The second-order valence-corrected chi connectivity index (χ2v) is 8.64. The number of benzene rings is 2. The Balaban J connectivity index is 1.20. The van der Waals surface area contributed by atoms with Gasteiger partial charge in [-0.2, -0.15) is 0 Å². The topological polar surface area (TPSA) is 134 Å². The van der Waals surface area contributed by atoms with Crippen LogP contribution in [0.3, 0.4) is 0 Å². The molecule has 2 aliphatic rings. The summed E-state index contributed by atoms with van der Waals surface area (Å²) < 4.78 is 5.82. The van der Waals surface area contributed by atoms with Gasteiger partial charge in [0.2, 0.25) is 17.7 Å². The fourth-order valence-corrected chi connectivity index (χ4v) is 4.52. The summed E-state index contributed by atoms with van der Waals surface area (Å²) >= 11 is 0. The summed E-state index contributed by atoms with van der Waals surface area (Å²) in [4.78, 5) is 59.6. The van der Waals surface area contributed by atoms with Gasteiger partial charge in [0.1, 0.15) is 17.3 Å². The van der Waals surface area contributed by atoms with Gasteiger partial charge in [-0.15, -0.1) is 0 Å². The number of imide groups is 1. The Morgan fingerprint density at radius 3 is 2.78 bits per heavy atom. The second kappa shape index (κ2) is 8.42. The number of amides is 4. The number of aromatic nitrogens is 2. The van der Waals surface area contributed by atoms with Crippen LogP contribution < -0.4 is 10.6 Å². The highest BCUT2D eigenvalue weighted by Crippen LogP contribution is 2.29. The van der Waals surface area contributed by atoms with E-state index in [2.05, 4.69) is 20.6 Å². The van der Waals surface area contributed by atoms with E-state index in [9.17, 15) is 19.2 Å². The van der Waals surface area contributed by atoms with Crippen molar-refractivity contribution in [3.8, 4) is 11.6 Å². The van der Waals surface area contributed by atoms with Crippen molar-refractivity contribution in [2.24, 2.45) is 0 Å². The van der Waals surface area contributed by atoms with Crippen LogP contribution in [-0.2, 0) is 16.1 Å². The van der Waals surface area contributed by atoms with Crippen LogP contribution in [0.15, 0.2) is 65.2 Å². The van der Waals surface area contributed by atoms with Crippen molar-refractivity contribution < 1.29 is 23.6 Å². The van der Waals surface area contributed by atoms with Gasteiger partial charge in [-0.1, -0.05) is 6.07 Å². The number of oxazole rings is 1. The Morgan fingerprint density at radius 2 is 1.97 bits per heavy atom. The van der Waals surface area contributed by atoms with E-state index in [0.29, 0.717) is 45.1 Å².